The topological polar surface area (TPSA) is 64.8 Å². The molecule has 3 heterocycles. The van der Waals surface area contributed by atoms with E-state index in [0.717, 1.165) is 11.5 Å². The highest BCUT2D eigenvalue weighted by Crippen LogP contribution is 2.30. The molecule has 1 aliphatic rings. The number of benzene rings is 2. The average molecular weight is 352 g/mol. The third-order valence-electron chi connectivity index (χ3n) is 4.29. The molecule has 7 heteroatoms. The van der Waals surface area contributed by atoms with Gasteiger partial charge in [0, 0.05) is 5.39 Å². The second-order valence-electron chi connectivity index (χ2n) is 5.74. The molecule has 120 valence electrons. The SMILES string of the molecule is O=C1c2cc(F)c(Cl)cc2-n2c1nc1nc3ccccc3cc1c2=O. The molecule has 4 aromatic rings. The van der Waals surface area contributed by atoms with Crippen molar-refractivity contribution < 1.29 is 9.18 Å². The monoisotopic (exact) mass is 351 g/mol. The highest BCUT2D eigenvalue weighted by Gasteiger charge is 2.32. The van der Waals surface area contributed by atoms with Crippen LogP contribution in [0.15, 0.2) is 47.3 Å². The number of carbonyl (C=O) groups is 1. The van der Waals surface area contributed by atoms with Gasteiger partial charge in [0.15, 0.2) is 11.5 Å². The fraction of sp³-hybridized carbons (Fsp3) is 0. The number of para-hydroxylation sites is 1. The number of halogens is 2. The second-order valence-corrected chi connectivity index (χ2v) is 6.15. The van der Waals surface area contributed by atoms with Gasteiger partial charge in [0.05, 0.1) is 27.2 Å². The molecule has 0 spiro atoms. The minimum Gasteiger partial charge on any atom is -0.285 e. The number of ketones is 1. The Morgan fingerprint density at radius 2 is 1.84 bits per heavy atom. The maximum Gasteiger partial charge on any atom is 0.268 e. The first kappa shape index (κ1) is 14.2. The number of fused-ring (bicyclic) bond motifs is 5. The fourth-order valence-corrected chi connectivity index (χ4v) is 3.27. The Labute approximate surface area is 144 Å². The van der Waals surface area contributed by atoms with Crippen molar-refractivity contribution in [3.63, 3.8) is 0 Å². The molecule has 2 aromatic carbocycles. The van der Waals surface area contributed by atoms with Crippen LogP contribution >= 0.6 is 11.6 Å². The summed E-state index contributed by atoms with van der Waals surface area (Å²) in [7, 11) is 0. The van der Waals surface area contributed by atoms with Crippen LogP contribution in [0.3, 0.4) is 0 Å². The van der Waals surface area contributed by atoms with E-state index in [4.69, 9.17) is 11.6 Å². The van der Waals surface area contributed by atoms with Crippen LogP contribution in [0, 0.1) is 5.82 Å². The van der Waals surface area contributed by atoms with Crippen LogP contribution in [-0.2, 0) is 0 Å². The molecular formula is C18H7ClFN3O2. The van der Waals surface area contributed by atoms with Crippen molar-refractivity contribution in [2.45, 2.75) is 0 Å². The van der Waals surface area contributed by atoms with Crippen molar-refractivity contribution in [2.24, 2.45) is 0 Å². The van der Waals surface area contributed by atoms with Gasteiger partial charge in [-0.15, -0.1) is 0 Å². The molecule has 1 aliphatic heterocycles. The molecule has 0 saturated carbocycles. The molecule has 0 atom stereocenters. The summed E-state index contributed by atoms with van der Waals surface area (Å²) >= 11 is 5.82. The highest BCUT2D eigenvalue weighted by atomic mass is 35.5. The molecule has 0 amide bonds. The summed E-state index contributed by atoms with van der Waals surface area (Å²) in [6, 6.07) is 11.3. The minimum atomic E-state index is -0.719. The van der Waals surface area contributed by atoms with E-state index in [0.29, 0.717) is 5.52 Å². The molecule has 0 fully saturated rings. The second kappa shape index (κ2) is 4.70. The van der Waals surface area contributed by atoms with Crippen LogP contribution < -0.4 is 5.56 Å². The predicted molar refractivity (Wildman–Crippen MR) is 91.0 cm³/mol. The van der Waals surface area contributed by atoms with E-state index >= 15 is 0 Å². The average Bonchev–Trinajstić information content (AvgIpc) is 2.87. The summed E-state index contributed by atoms with van der Waals surface area (Å²) in [6.07, 6.45) is 0. The lowest BCUT2D eigenvalue weighted by Crippen LogP contribution is -2.22. The van der Waals surface area contributed by atoms with Gasteiger partial charge in [0.25, 0.3) is 5.56 Å². The van der Waals surface area contributed by atoms with Crippen molar-refractivity contribution in [1.29, 1.82) is 0 Å². The van der Waals surface area contributed by atoms with Crippen molar-refractivity contribution in [3.8, 4) is 5.69 Å². The number of hydrogen-bond donors (Lipinski definition) is 0. The summed E-state index contributed by atoms with van der Waals surface area (Å²) in [6.45, 7) is 0. The van der Waals surface area contributed by atoms with Gasteiger partial charge in [0.2, 0.25) is 5.78 Å². The zero-order valence-electron chi connectivity index (χ0n) is 12.5. The minimum absolute atomic E-state index is 0.0614. The lowest BCUT2D eigenvalue weighted by atomic mass is 10.1. The molecule has 0 aliphatic carbocycles. The normalized spacial score (nSPS) is 12.6. The van der Waals surface area contributed by atoms with E-state index in [1.807, 2.05) is 18.2 Å². The maximum absolute atomic E-state index is 13.7. The third-order valence-corrected chi connectivity index (χ3v) is 4.58. The first-order valence-corrected chi connectivity index (χ1v) is 7.79. The molecule has 0 saturated heterocycles. The smallest absolute Gasteiger partial charge is 0.268 e. The molecule has 5 nitrogen and oxygen atoms in total. The van der Waals surface area contributed by atoms with E-state index in [9.17, 15) is 14.0 Å². The van der Waals surface area contributed by atoms with Crippen LogP contribution in [0.2, 0.25) is 5.02 Å². The molecule has 2 aromatic heterocycles. The van der Waals surface area contributed by atoms with Gasteiger partial charge in [0.1, 0.15) is 5.82 Å². The van der Waals surface area contributed by atoms with Crippen LogP contribution in [0.5, 0.6) is 0 Å². The Balaban J connectivity index is 1.94. The van der Waals surface area contributed by atoms with Gasteiger partial charge >= 0.3 is 0 Å². The molecule has 0 radical (unpaired) electrons. The quantitative estimate of drug-likeness (QED) is 0.402. The number of hydrogen-bond acceptors (Lipinski definition) is 4. The summed E-state index contributed by atoms with van der Waals surface area (Å²) in [4.78, 5) is 34.1. The molecule has 0 bridgehead atoms. The van der Waals surface area contributed by atoms with E-state index < -0.39 is 17.2 Å². The summed E-state index contributed by atoms with van der Waals surface area (Å²) < 4.78 is 14.9. The summed E-state index contributed by atoms with van der Waals surface area (Å²) in [5.41, 5.74) is 0.713. The van der Waals surface area contributed by atoms with Crippen molar-refractivity contribution in [2.75, 3.05) is 0 Å². The predicted octanol–water partition coefficient (Wildman–Crippen LogP) is 3.27. The van der Waals surface area contributed by atoms with Gasteiger partial charge in [-0.2, -0.15) is 0 Å². The summed E-state index contributed by atoms with van der Waals surface area (Å²) in [5, 5.41) is 0.905. The zero-order chi connectivity index (χ0) is 17.3. The highest BCUT2D eigenvalue weighted by molar-refractivity contribution is 6.31. The molecule has 25 heavy (non-hydrogen) atoms. The largest absolute Gasteiger partial charge is 0.285 e. The number of pyridine rings is 1. The number of rotatable bonds is 0. The standard InChI is InChI=1S/C18H7ClFN3O2/c19-11-7-14-9(6-12(11)20)15(24)17-22-16-10(18(25)23(14)17)5-8-3-1-2-4-13(8)21-16/h1-7H. The van der Waals surface area contributed by atoms with Gasteiger partial charge in [-0.25, -0.2) is 14.4 Å². The van der Waals surface area contributed by atoms with Crippen LogP contribution in [0.1, 0.15) is 16.2 Å². The Kier molecular flexibility index (Phi) is 2.68. The fourth-order valence-electron chi connectivity index (χ4n) is 3.11. The van der Waals surface area contributed by atoms with E-state index in [-0.39, 0.29) is 33.1 Å². The van der Waals surface area contributed by atoms with Crippen LogP contribution in [0.4, 0.5) is 4.39 Å². The molecule has 0 unspecified atom stereocenters. The Morgan fingerprint density at radius 3 is 2.68 bits per heavy atom. The van der Waals surface area contributed by atoms with E-state index in [1.165, 1.54) is 10.6 Å². The molecule has 5 rings (SSSR count). The van der Waals surface area contributed by atoms with Gasteiger partial charge < -0.3 is 0 Å². The van der Waals surface area contributed by atoms with Gasteiger partial charge in [-0.3, -0.25) is 14.2 Å². The number of carbonyl (C=O) groups excluding carboxylic acids is 1. The van der Waals surface area contributed by atoms with Gasteiger partial charge in [-0.1, -0.05) is 29.8 Å². The first-order valence-electron chi connectivity index (χ1n) is 7.41. The molecule has 0 N–H and O–H groups in total. The van der Waals surface area contributed by atoms with Crippen molar-refractivity contribution >= 4 is 39.3 Å². The van der Waals surface area contributed by atoms with Crippen molar-refractivity contribution in [1.82, 2.24) is 14.5 Å². The van der Waals surface area contributed by atoms with E-state index in [2.05, 4.69) is 9.97 Å². The lowest BCUT2D eigenvalue weighted by molar-refractivity contribution is 0.103. The summed E-state index contributed by atoms with van der Waals surface area (Å²) in [5.74, 6) is -1.33. The number of nitrogens with zero attached hydrogens (tertiary/aromatic N) is 3. The number of aromatic nitrogens is 3. The maximum atomic E-state index is 13.7. The lowest BCUT2D eigenvalue weighted by Gasteiger charge is -2.06. The van der Waals surface area contributed by atoms with Gasteiger partial charge in [-0.05, 0) is 24.3 Å². The molecular weight excluding hydrogens is 345 g/mol. The first-order chi connectivity index (χ1) is 12.0. The Hall–Kier alpha value is -3.12. The Bertz CT molecular complexity index is 1310. The zero-order valence-corrected chi connectivity index (χ0v) is 13.2. The Morgan fingerprint density at radius 1 is 1.04 bits per heavy atom. The van der Waals surface area contributed by atoms with E-state index in [1.54, 1.807) is 12.1 Å². The van der Waals surface area contributed by atoms with Crippen molar-refractivity contribution in [3.05, 3.63) is 75.0 Å². The van der Waals surface area contributed by atoms with Crippen LogP contribution in [-0.4, -0.2) is 20.3 Å². The van der Waals surface area contributed by atoms with Crippen LogP contribution in [0.25, 0.3) is 27.6 Å². The third kappa shape index (κ3) is 1.82.